The van der Waals surface area contributed by atoms with Gasteiger partial charge in [-0.15, -0.1) is 0 Å². The van der Waals surface area contributed by atoms with E-state index in [1.54, 1.807) is 19.9 Å². The van der Waals surface area contributed by atoms with E-state index in [-0.39, 0.29) is 17.4 Å². The number of rotatable bonds is 3. The molecule has 0 spiro atoms. The maximum atomic E-state index is 13.4. The molecule has 0 N–H and O–H groups in total. The molecule has 0 aliphatic heterocycles. The summed E-state index contributed by atoms with van der Waals surface area (Å²) >= 11 is 1.95. The topological polar surface area (TPSA) is 26.3 Å². The highest BCUT2D eigenvalue weighted by atomic mass is 127. The average Bonchev–Trinajstić information content (AvgIpc) is 2.08. The van der Waals surface area contributed by atoms with Crippen molar-refractivity contribution >= 4 is 28.9 Å². The normalized spacial score (nSPS) is 10.4. The molecule has 0 amide bonds. The number of hydrogen-bond donors (Lipinski definition) is 0. The van der Waals surface area contributed by atoms with Crippen molar-refractivity contribution in [3.63, 3.8) is 0 Å². The first kappa shape index (κ1) is 11.4. The Morgan fingerprint density at radius 3 is 2.64 bits per heavy atom. The molecular formula is C10H10FIO2. The lowest BCUT2D eigenvalue weighted by Gasteiger charge is -2.12. The fourth-order valence-electron chi connectivity index (χ4n) is 1.03. The summed E-state index contributed by atoms with van der Waals surface area (Å²) in [5, 5.41) is 0. The van der Waals surface area contributed by atoms with Crippen molar-refractivity contribution < 1.29 is 13.9 Å². The first-order valence-electron chi connectivity index (χ1n) is 4.15. The van der Waals surface area contributed by atoms with E-state index in [0.29, 0.717) is 9.86 Å². The number of aldehydes is 1. The van der Waals surface area contributed by atoms with E-state index in [4.69, 9.17) is 4.74 Å². The summed E-state index contributed by atoms with van der Waals surface area (Å²) in [6, 6.07) is 2.93. The van der Waals surface area contributed by atoms with E-state index in [2.05, 4.69) is 0 Å². The van der Waals surface area contributed by atoms with Gasteiger partial charge in [-0.1, -0.05) is 0 Å². The number of hydrogen-bond acceptors (Lipinski definition) is 2. The lowest BCUT2D eigenvalue weighted by Crippen LogP contribution is -2.09. The smallest absolute Gasteiger partial charge is 0.166 e. The highest BCUT2D eigenvalue weighted by Gasteiger charge is 2.12. The van der Waals surface area contributed by atoms with Crippen LogP contribution in [0.5, 0.6) is 5.75 Å². The standard InChI is InChI=1S/C10H10FIO2/c1-6(2)14-10-7(5-13)3-8(12)4-9(10)11/h3-6H,1-2H3. The van der Waals surface area contributed by atoms with E-state index in [9.17, 15) is 9.18 Å². The van der Waals surface area contributed by atoms with Crippen LogP contribution in [0.1, 0.15) is 24.2 Å². The van der Waals surface area contributed by atoms with Crippen LogP contribution < -0.4 is 4.74 Å². The Kier molecular flexibility index (Phi) is 3.86. The van der Waals surface area contributed by atoms with Crippen molar-refractivity contribution in [2.75, 3.05) is 0 Å². The van der Waals surface area contributed by atoms with E-state index in [1.165, 1.54) is 6.07 Å². The fraction of sp³-hybridized carbons (Fsp3) is 0.300. The molecule has 1 rings (SSSR count). The number of benzene rings is 1. The third-order valence-corrected chi connectivity index (χ3v) is 2.14. The van der Waals surface area contributed by atoms with Gasteiger partial charge >= 0.3 is 0 Å². The number of carbonyl (C=O) groups is 1. The largest absolute Gasteiger partial charge is 0.487 e. The molecule has 0 bridgehead atoms. The minimum Gasteiger partial charge on any atom is -0.487 e. The van der Waals surface area contributed by atoms with Crippen molar-refractivity contribution in [2.45, 2.75) is 20.0 Å². The molecule has 0 heterocycles. The third-order valence-electron chi connectivity index (χ3n) is 1.52. The Bertz CT molecular complexity index is 350. The van der Waals surface area contributed by atoms with Gasteiger partial charge in [-0.25, -0.2) is 4.39 Å². The maximum Gasteiger partial charge on any atom is 0.166 e. The summed E-state index contributed by atoms with van der Waals surface area (Å²) < 4.78 is 19.3. The second-order valence-corrected chi connectivity index (χ2v) is 4.34. The van der Waals surface area contributed by atoms with Crippen LogP contribution in [0.2, 0.25) is 0 Å². The van der Waals surface area contributed by atoms with Gasteiger partial charge < -0.3 is 4.74 Å². The zero-order chi connectivity index (χ0) is 10.7. The Hall–Kier alpha value is -0.650. The third kappa shape index (κ3) is 2.67. The molecule has 0 aromatic heterocycles. The van der Waals surface area contributed by atoms with Crippen molar-refractivity contribution in [2.24, 2.45) is 0 Å². The fourth-order valence-corrected chi connectivity index (χ4v) is 1.64. The minimum absolute atomic E-state index is 0.0374. The molecule has 0 unspecified atom stereocenters. The van der Waals surface area contributed by atoms with Crippen molar-refractivity contribution in [1.82, 2.24) is 0 Å². The van der Waals surface area contributed by atoms with Crippen LogP contribution in [0.3, 0.4) is 0 Å². The first-order valence-corrected chi connectivity index (χ1v) is 5.23. The molecule has 0 fully saturated rings. The molecule has 0 aliphatic rings. The molecule has 0 atom stereocenters. The van der Waals surface area contributed by atoms with Gasteiger partial charge in [-0.05, 0) is 48.6 Å². The van der Waals surface area contributed by atoms with Gasteiger partial charge in [0.2, 0.25) is 0 Å². The molecule has 1 aromatic rings. The predicted molar refractivity (Wildman–Crippen MR) is 60.3 cm³/mol. The zero-order valence-corrected chi connectivity index (χ0v) is 10.0. The van der Waals surface area contributed by atoms with Gasteiger partial charge in [0.15, 0.2) is 17.9 Å². The lowest BCUT2D eigenvalue weighted by atomic mass is 10.2. The molecule has 0 saturated heterocycles. The second kappa shape index (κ2) is 4.72. The van der Waals surface area contributed by atoms with Crippen LogP contribution >= 0.6 is 22.6 Å². The molecule has 76 valence electrons. The average molecular weight is 308 g/mol. The van der Waals surface area contributed by atoms with Crippen LogP contribution in [0.15, 0.2) is 12.1 Å². The van der Waals surface area contributed by atoms with Crippen LogP contribution in [0.4, 0.5) is 4.39 Å². The number of ether oxygens (including phenoxy) is 1. The van der Waals surface area contributed by atoms with Gasteiger partial charge in [0, 0.05) is 3.57 Å². The quantitative estimate of drug-likeness (QED) is 0.634. The molecule has 0 aliphatic carbocycles. The summed E-state index contributed by atoms with van der Waals surface area (Å²) in [7, 11) is 0. The highest BCUT2D eigenvalue weighted by Crippen LogP contribution is 2.25. The monoisotopic (exact) mass is 308 g/mol. The Labute approximate surface area is 95.6 Å². The summed E-state index contributed by atoms with van der Waals surface area (Å²) in [4.78, 5) is 10.7. The Morgan fingerprint density at radius 2 is 2.14 bits per heavy atom. The first-order chi connectivity index (χ1) is 6.54. The van der Waals surface area contributed by atoms with Crippen LogP contribution in [0, 0.1) is 9.39 Å². The molecule has 1 aromatic carbocycles. The van der Waals surface area contributed by atoms with Crippen LogP contribution in [-0.2, 0) is 0 Å². The van der Waals surface area contributed by atoms with Crippen molar-refractivity contribution in [1.29, 1.82) is 0 Å². The molecule has 0 radical (unpaired) electrons. The SMILES string of the molecule is CC(C)Oc1c(F)cc(I)cc1C=O. The molecule has 2 nitrogen and oxygen atoms in total. The highest BCUT2D eigenvalue weighted by molar-refractivity contribution is 14.1. The van der Waals surface area contributed by atoms with Crippen molar-refractivity contribution in [3.05, 3.63) is 27.1 Å². The van der Waals surface area contributed by atoms with Gasteiger partial charge in [0.05, 0.1) is 11.7 Å². The van der Waals surface area contributed by atoms with Gasteiger partial charge in [-0.3, -0.25) is 4.79 Å². The van der Waals surface area contributed by atoms with E-state index in [1.807, 2.05) is 22.6 Å². The van der Waals surface area contributed by atoms with Gasteiger partial charge in [-0.2, -0.15) is 0 Å². The Morgan fingerprint density at radius 1 is 1.50 bits per heavy atom. The number of carbonyl (C=O) groups excluding carboxylic acids is 1. The summed E-state index contributed by atoms with van der Waals surface area (Å²) in [6.45, 7) is 3.57. The molecule has 0 saturated carbocycles. The zero-order valence-electron chi connectivity index (χ0n) is 7.88. The minimum atomic E-state index is -0.493. The van der Waals surface area contributed by atoms with E-state index < -0.39 is 5.82 Å². The van der Waals surface area contributed by atoms with Crippen molar-refractivity contribution in [3.8, 4) is 5.75 Å². The van der Waals surface area contributed by atoms with Gasteiger partial charge in [0.1, 0.15) is 0 Å². The summed E-state index contributed by atoms with van der Waals surface area (Å²) in [5.41, 5.74) is 0.253. The van der Waals surface area contributed by atoms with E-state index >= 15 is 0 Å². The summed E-state index contributed by atoms with van der Waals surface area (Å²) in [5.74, 6) is -0.455. The van der Waals surface area contributed by atoms with Crippen LogP contribution in [0.25, 0.3) is 0 Å². The molecular weight excluding hydrogens is 298 g/mol. The molecule has 14 heavy (non-hydrogen) atoms. The molecule has 4 heteroatoms. The van der Waals surface area contributed by atoms with Crippen LogP contribution in [-0.4, -0.2) is 12.4 Å². The second-order valence-electron chi connectivity index (χ2n) is 3.09. The van der Waals surface area contributed by atoms with E-state index in [0.717, 1.165) is 0 Å². The summed E-state index contributed by atoms with van der Waals surface area (Å²) in [6.07, 6.45) is 0.450. The predicted octanol–water partition coefficient (Wildman–Crippen LogP) is 3.03. The maximum absolute atomic E-state index is 13.4. The lowest BCUT2D eigenvalue weighted by molar-refractivity contribution is 0.111. The Balaban J connectivity index is 3.18. The van der Waals surface area contributed by atoms with Gasteiger partial charge in [0.25, 0.3) is 0 Å². The number of halogens is 2.